The van der Waals surface area contributed by atoms with Crippen molar-refractivity contribution in [3.63, 3.8) is 0 Å². The lowest BCUT2D eigenvalue weighted by Crippen LogP contribution is -2.45. The molecule has 7 heteroatoms. The van der Waals surface area contributed by atoms with Gasteiger partial charge in [-0.3, -0.25) is 9.59 Å². The minimum atomic E-state index is -3.60. The fourth-order valence-electron chi connectivity index (χ4n) is 4.66. The molecule has 0 aliphatic heterocycles. The Balaban J connectivity index is 1.77. The maximum absolute atomic E-state index is 13.0. The number of ketones is 1. The maximum Gasteiger partial charge on any atom is 0.248 e. The SMILES string of the molecule is CN(Cc1ccc(C(N)=O)cc1)S(=O)(=O)C[C@@]12CC[C@@H](CC1=O)C2(C)C. The topological polar surface area (TPSA) is 97.5 Å². The fourth-order valence-corrected chi connectivity index (χ4v) is 6.53. The summed E-state index contributed by atoms with van der Waals surface area (Å²) >= 11 is 0. The van der Waals surface area contributed by atoms with Gasteiger partial charge >= 0.3 is 0 Å². The van der Waals surface area contributed by atoms with E-state index in [2.05, 4.69) is 0 Å². The Morgan fingerprint density at radius 3 is 2.35 bits per heavy atom. The number of benzene rings is 1. The predicted octanol–water partition coefficient (Wildman–Crippen LogP) is 1.94. The van der Waals surface area contributed by atoms with E-state index in [0.717, 1.165) is 12.0 Å². The standard InChI is InChI=1S/C19H26N2O4S/c1-18(2)15-8-9-19(18,16(22)10-15)12-26(24,25)21(3)11-13-4-6-14(7-5-13)17(20)23/h4-7,15H,8-12H2,1-3H3,(H2,20,23)/t15-,19-/m0/s1. The average molecular weight is 378 g/mol. The summed E-state index contributed by atoms with van der Waals surface area (Å²) in [5, 5.41) is 0. The van der Waals surface area contributed by atoms with Crippen LogP contribution in [0.3, 0.4) is 0 Å². The van der Waals surface area contributed by atoms with E-state index in [1.54, 1.807) is 24.3 Å². The highest BCUT2D eigenvalue weighted by atomic mass is 32.2. The molecule has 1 aromatic carbocycles. The van der Waals surface area contributed by atoms with Crippen LogP contribution in [-0.4, -0.2) is 37.2 Å². The Morgan fingerprint density at radius 2 is 1.88 bits per heavy atom. The minimum Gasteiger partial charge on any atom is -0.366 e. The second-order valence-electron chi connectivity index (χ2n) is 8.24. The van der Waals surface area contributed by atoms with E-state index in [0.29, 0.717) is 18.4 Å². The molecule has 142 valence electrons. The van der Waals surface area contributed by atoms with E-state index in [4.69, 9.17) is 5.73 Å². The van der Waals surface area contributed by atoms with E-state index < -0.39 is 21.3 Å². The second kappa shape index (κ2) is 6.16. The Morgan fingerprint density at radius 1 is 1.27 bits per heavy atom. The molecule has 0 aromatic heterocycles. The molecule has 2 atom stereocenters. The average Bonchev–Trinajstić information content (AvgIpc) is 2.89. The van der Waals surface area contributed by atoms with Gasteiger partial charge in [-0.15, -0.1) is 0 Å². The zero-order chi connectivity index (χ0) is 19.3. The quantitative estimate of drug-likeness (QED) is 0.818. The third kappa shape index (κ3) is 2.87. The molecule has 1 amide bonds. The molecule has 1 aromatic rings. The molecule has 2 fully saturated rings. The van der Waals surface area contributed by atoms with Crippen molar-refractivity contribution in [3.8, 4) is 0 Å². The largest absolute Gasteiger partial charge is 0.366 e. The van der Waals surface area contributed by atoms with Gasteiger partial charge < -0.3 is 5.73 Å². The lowest BCUT2D eigenvalue weighted by molar-refractivity contribution is -0.128. The lowest BCUT2D eigenvalue weighted by atomic mass is 9.70. The van der Waals surface area contributed by atoms with Crippen molar-refractivity contribution in [2.45, 2.75) is 39.7 Å². The number of primary amides is 1. The molecular formula is C19H26N2O4S. The molecule has 3 rings (SSSR count). The van der Waals surface area contributed by atoms with Gasteiger partial charge in [0.2, 0.25) is 15.9 Å². The Kier molecular flexibility index (Phi) is 4.51. The highest BCUT2D eigenvalue weighted by molar-refractivity contribution is 7.89. The van der Waals surface area contributed by atoms with Crippen LogP contribution in [0.1, 0.15) is 49.0 Å². The Bertz CT molecular complexity index is 845. The first-order chi connectivity index (χ1) is 12.0. The molecule has 2 aliphatic rings. The fraction of sp³-hybridized carbons (Fsp3) is 0.579. The second-order valence-corrected chi connectivity index (χ2v) is 10.3. The zero-order valence-electron chi connectivity index (χ0n) is 15.5. The van der Waals surface area contributed by atoms with Crippen molar-refractivity contribution in [1.29, 1.82) is 0 Å². The van der Waals surface area contributed by atoms with Crippen LogP contribution >= 0.6 is 0 Å². The highest BCUT2D eigenvalue weighted by Gasteiger charge is 2.65. The summed E-state index contributed by atoms with van der Waals surface area (Å²) in [5.41, 5.74) is 5.33. The third-order valence-corrected chi connectivity index (χ3v) is 8.62. The first kappa shape index (κ1) is 19.0. The Hall–Kier alpha value is -1.73. The third-order valence-electron chi connectivity index (χ3n) is 6.69. The molecule has 0 heterocycles. The molecule has 2 aliphatic carbocycles. The number of amides is 1. The van der Waals surface area contributed by atoms with Crippen molar-refractivity contribution in [2.24, 2.45) is 22.5 Å². The van der Waals surface area contributed by atoms with Crippen LogP contribution in [0.15, 0.2) is 24.3 Å². The van der Waals surface area contributed by atoms with Crippen LogP contribution in [-0.2, 0) is 21.4 Å². The predicted molar refractivity (Wildman–Crippen MR) is 98.8 cm³/mol. The number of fused-ring (bicyclic) bond motifs is 2. The van der Waals surface area contributed by atoms with Crippen LogP contribution in [0.25, 0.3) is 0 Å². The first-order valence-corrected chi connectivity index (χ1v) is 10.5. The number of sulfonamides is 1. The summed E-state index contributed by atoms with van der Waals surface area (Å²) in [6.07, 6.45) is 2.08. The summed E-state index contributed by atoms with van der Waals surface area (Å²) in [6.45, 7) is 4.26. The molecule has 0 unspecified atom stereocenters. The van der Waals surface area contributed by atoms with Crippen molar-refractivity contribution in [1.82, 2.24) is 4.31 Å². The molecule has 0 saturated heterocycles. The van der Waals surface area contributed by atoms with Crippen LogP contribution in [0.5, 0.6) is 0 Å². The van der Waals surface area contributed by atoms with Gasteiger partial charge in [0.05, 0.1) is 5.75 Å². The molecule has 0 spiro atoms. The monoisotopic (exact) mass is 378 g/mol. The number of rotatable bonds is 6. The summed E-state index contributed by atoms with van der Waals surface area (Å²) in [7, 11) is -2.06. The summed E-state index contributed by atoms with van der Waals surface area (Å²) in [6, 6.07) is 6.56. The zero-order valence-corrected chi connectivity index (χ0v) is 16.3. The number of Topliss-reactive ketones (excluding diaryl/α,β-unsaturated/α-hetero) is 1. The minimum absolute atomic E-state index is 0.0986. The van der Waals surface area contributed by atoms with Gasteiger partial charge in [-0.2, -0.15) is 0 Å². The lowest BCUT2D eigenvalue weighted by Gasteiger charge is -2.37. The number of hydrogen-bond acceptors (Lipinski definition) is 4. The van der Waals surface area contributed by atoms with Gasteiger partial charge in [0.25, 0.3) is 0 Å². The van der Waals surface area contributed by atoms with Crippen LogP contribution in [0.4, 0.5) is 0 Å². The number of nitrogens with zero attached hydrogens (tertiary/aromatic N) is 1. The molecule has 6 nitrogen and oxygen atoms in total. The molecule has 2 saturated carbocycles. The molecule has 0 radical (unpaired) electrons. The van der Waals surface area contributed by atoms with E-state index in [1.165, 1.54) is 11.4 Å². The molecule has 2 N–H and O–H groups in total. The smallest absolute Gasteiger partial charge is 0.248 e. The van der Waals surface area contributed by atoms with Gasteiger partial charge in [-0.25, -0.2) is 12.7 Å². The molecule has 26 heavy (non-hydrogen) atoms. The van der Waals surface area contributed by atoms with Gasteiger partial charge in [0.15, 0.2) is 0 Å². The normalized spacial score (nSPS) is 27.2. The van der Waals surface area contributed by atoms with E-state index in [-0.39, 0.29) is 29.4 Å². The van der Waals surface area contributed by atoms with Crippen LogP contribution in [0.2, 0.25) is 0 Å². The summed E-state index contributed by atoms with van der Waals surface area (Å²) in [4.78, 5) is 23.7. The van der Waals surface area contributed by atoms with E-state index in [1.807, 2.05) is 13.8 Å². The maximum atomic E-state index is 13.0. The van der Waals surface area contributed by atoms with Crippen molar-refractivity contribution >= 4 is 21.7 Å². The van der Waals surface area contributed by atoms with Crippen LogP contribution in [0, 0.1) is 16.7 Å². The first-order valence-electron chi connectivity index (χ1n) is 8.86. The number of carbonyl (C=O) groups is 2. The number of hydrogen-bond donors (Lipinski definition) is 1. The van der Waals surface area contributed by atoms with Gasteiger partial charge in [0, 0.05) is 31.0 Å². The highest BCUT2D eigenvalue weighted by Crippen LogP contribution is 2.64. The van der Waals surface area contributed by atoms with Crippen molar-refractivity contribution in [3.05, 3.63) is 35.4 Å². The Labute approximate surface area is 154 Å². The summed E-state index contributed by atoms with van der Waals surface area (Å²) < 4.78 is 27.3. The molecule has 2 bridgehead atoms. The summed E-state index contributed by atoms with van der Waals surface area (Å²) in [5.74, 6) is -0.258. The van der Waals surface area contributed by atoms with E-state index in [9.17, 15) is 18.0 Å². The van der Waals surface area contributed by atoms with Crippen molar-refractivity contribution in [2.75, 3.05) is 12.8 Å². The van der Waals surface area contributed by atoms with E-state index >= 15 is 0 Å². The van der Waals surface area contributed by atoms with Gasteiger partial charge in [-0.05, 0) is 41.9 Å². The number of carbonyl (C=O) groups excluding carboxylic acids is 2. The van der Waals surface area contributed by atoms with Crippen LogP contribution < -0.4 is 5.73 Å². The van der Waals surface area contributed by atoms with Gasteiger partial charge in [0.1, 0.15) is 5.78 Å². The van der Waals surface area contributed by atoms with Crippen molar-refractivity contribution < 1.29 is 18.0 Å². The number of nitrogens with two attached hydrogens (primary N) is 1. The molecular weight excluding hydrogens is 352 g/mol. The van der Waals surface area contributed by atoms with Gasteiger partial charge in [-0.1, -0.05) is 26.0 Å².